The van der Waals surface area contributed by atoms with Crippen molar-refractivity contribution in [1.82, 2.24) is 0 Å². The predicted octanol–water partition coefficient (Wildman–Crippen LogP) is 4.20. The van der Waals surface area contributed by atoms with E-state index in [2.05, 4.69) is 6.92 Å². The Bertz CT molecular complexity index is 549. The Hall–Kier alpha value is -1.87. The van der Waals surface area contributed by atoms with Gasteiger partial charge in [-0.1, -0.05) is 25.1 Å². The lowest BCUT2D eigenvalue weighted by Gasteiger charge is -2.14. The molecule has 0 aliphatic heterocycles. The maximum absolute atomic E-state index is 13.8. The van der Waals surface area contributed by atoms with E-state index in [-0.39, 0.29) is 5.82 Å². The number of benzene rings is 2. The zero-order valence-electron chi connectivity index (χ0n) is 11.2. The van der Waals surface area contributed by atoms with Crippen LogP contribution in [0, 0.1) is 5.82 Å². The summed E-state index contributed by atoms with van der Waals surface area (Å²) in [6, 6.07) is 12.1. The van der Waals surface area contributed by atoms with E-state index >= 15 is 0 Å². The molecule has 2 aromatic rings. The van der Waals surface area contributed by atoms with Crippen LogP contribution in [0.4, 0.5) is 4.39 Å². The Morgan fingerprint density at radius 1 is 1.16 bits per heavy atom. The van der Waals surface area contributed by atoms with Gasteiger partial charge in [-0.2, -0.15) is 0 Å². The molecule has 0 aliphatic rings. The first-order chi connectivity index (χ1) is 9.11. The lowest BCUT2D eigenvalue weighted by atomic mass is 10.1. The standard InChI is InChI=1S/C16H18FNO/c1-3-12-7-9-13(10-8-12)19-15-6-4-5-14(17)16(15)11(2)18/h4-11H,3,18H2,1-2H3. The first kappa shape index (κ1) is 13.6. The Balaban J connectivity index is 2.29. The molecule has 0 amide bonds. The molecule has 0 fully saturated rings. The van der Waals surface area contributed by atoms with E-state index in [4.69, 9.17) is 10.5 Å². The molecule has 0 saturated carbocycles. The smallest absolute Gasteiger partial charge is 0.135 e. The summed E-state index contributed by atoms with van der Waals surface area (Å²) < 4.78 is 19.5. The lowest BCUT2D eigenvalue weighted by molar-refractivity contribution is 0.460. The number of ether oxygens (including phenoxy) is 1. The monoisotopic (exact) mass is 259 g/mol. The third kappa shape index (κ3) is 3.12. The molecular weight excluding hydrogens is 241 g/mol. The van der Waals surface area contributed by atoms with E-state index in [0.717, 1.165) is 6.42 Å². The van der Waals surface area contributed by atoms with Gasteiger partial charge in [0.05, 0.1) is 0 Å². The summed E-state index contributed by atoms with van der Waals surface area (Å²) in [5, 5.41) is 0. The SMILES string of the molecule is CCc1ccc(Oc2cccc(F)c2C(C)N)cc1. The summed E-state index contributed by atoms with van der Waals surface area (Å²) >= 11 is 0. The summed E-state index contributed by atoms with van der Waals surface area (Å²) in [6.45, 7) is 3.84. The second-order valence-electron chi connectivity index (χ2n) is 4.54. The summed E-state index contributed by atoms with van der Waals surface area (Å²) in [5.41, 5.74) is 7.43. The van der Waals surface area contributed by atoms with Crippen molar-refractivity contribution in [1.29, 1.82) is 0 Å². The Labute approximate surface area is 113 Å². The molecule has 0 spiro atoms. The molecule has 0 radical (unpaired) electrons. The molecule has 0 heterocycles. The largest absolute Gasteiger partial charge is 0.457 e. The van der Waals surface area contributed by atoms with E-state index in [1.807, 2.05) is 24.3 Å². The van der Waals surface area contributed by atoms with E-state index in [9.17, 15) is 4.39 Å². The molecule has 0 bridgehead atoms. The highest BCUT2D eigenvalue weighted by Crippen LogP contribution is 2.30. The number of nitrogens with two attached hydrogens (primary N) is 1. The van der Waals surface area contributed by atoms with Gasteiger partial charge in [0.15, 0.2) is 0 Å². The Morgan fingerprint density at radius 2 is 1.84 bits per heavy atom. The molecule has 3 heteroatoms. The van der Waals surface area contributed by atoms with Crippen molar-refractivity contribution in [3.8, 4) is 11.5 Å². The van der Waals surface area contributed by atoms with Crippen LogP contribution in [-0.2, 0) is 6.42 Å². The van der Waals surface area contributed by atoms with Crippen molar-refractivity contribution in [2.75, 3.05) is 0 Å². The van der Waals surface area contributed by atoms with Crippen LogP contribution >= 0.6 is 0 Å². The van der Waals surface area contributed by atoms with Crippen molar-refractivity contribution in [3.05, 3.63) is 59.4 Å². The summed E-state index contributed by atoms with van der Waals surface area (Å²) in [7, 11) is 0. The average Bonchev–Trinajstić information content (AvgIpc) is 2.39. The number of hydrogen-bond donors (Lipinski definition) is 1. The van der Waals surface area contributed by atoms with Crippen LogP contribution < -0.4 is 10.5 Å². The van der Waals surface area contributed by atoms with Crippen LogP contribution in [0.15, 0.2) is 42.5 Å². The van der Waals surface area contributed by atoms with Gasteiger partial charge in [-0.25, -0.2) is 4.39 Å². The first-order valence-corrected chi connectivity index (χ1v) is 6.42. The van der Waals surface area contributed by atoms with Gasteiger partial charge >= 0.3 is 0 Å². The zero-order chi connectivity index (χ0) is 13.8. The van der Waals surface area contributed by atoms with Crippen LogP contribution in [0.3, 0.4) is 0 Å². The van der Waals surface area contributed by atoms with Gasteiger partial charge in [0, 0.05) is 11.6 Å². The Kier molecular flexibility index (Phi) is 4.17. The van der Waals surface area contributed by atoms with Crippen molar-refractivity contribution >= 4 is 0 Å². The zero-order valence-corrected chi connectivity index (χ0v) is 11.2. The quantitative estimate of drug-likeness (QED) is 0.893. The van der Waals surface area contributed by atoms with Gasteiger partial charge in [-0.05, 0) is 43.2 Å². The van der Waals surface area contributed by atoms with Crippen LogP contribution in [0.1, 0.15) is 31.0 Å². The molecule has 2 N–H and O–H groups in total. The van der Waals surface area contributed by atoms with Crippen molar-refractivity contribution in [3.63, 3.8) is 0 Å². The first-order valence-electron chi connectivity index (χ1n) is 6.42. The van der Waals surface area contributed by atoms with Crippen LogP contribution in [-0.4, -0.2) is 0 Å². The number of halogens is 1. The predicted molar refractivity (Wildman–Crippen MR) is 74.9 cm³/mol. The molecular formula is C16H18FNO. The second-order valence-corrected chi connectivity index (χ2v) is 4.54. The van der Waals surface area contributed by atoms with Gasteiger partial charge in [-0.3, -0.25) is 0 Å². The van der Waals surface area contributed by atoms with Gasteiger partial charge < -0.3 is 10.5 Å². The molecule has 1 atom stereocenters. The second kappa shape index (κ2) is 5.85. The highest BCUT2D eigenvalue weighted by atomic mass is 19.1. The minimum absolute atomic E-state index is 0.335. The third-order valence-corrected chi connectivity index (χ3v) is 3.03. The topological polar surface area (TPSA) is 35.2 Å². The van der Waals surface area contributed by atoms with Crippen molar-refractivity contribution in [2.45, 2.75) is 26.3 Å². The maximum Gasteiger partial charge on any atom is 0.135 e. The molecule has 19 heavy (non-hydrogen) atoms. The van der Waals surface area contributed by atoms with Crippen LogP contribution in [0.25, 0.3) is 0 Å². The number of rotatable bonds is 4. The summed E-state index contributed by atoms with van der Waals surface area (Å²) in [6.07, 6.45) is 0.978. The van der Waals surface area contributed by atoms with Crippen molar-refractivity contribution in [2.24, 2.45) is 5.73 Å². The third-order valence-electron chi connectivity index (χ3n) is 3.03. The normalized spacial score (nSPS) is 12.2. The summed E-state index contributed by atoms with van der Waals surface area (Å²) in [4.78, 5) is 0. The van der Waals surface area contributed by atoms with E-state index < -0.39 is 6.04 Å². The molecule has 2 rings (SSSR count). The van der Waals surface area contributed by atoms with Crippen LogP contribution in [0.5, 0.6) is 11.5 Å². The van der Waals surface area contributed by atoms with Gasteiger partial charge in [-0.15, -0.1) is 0 Å². The summed E-state index contributed by atoms with van der Waals surface area (Å²) in [5.74, 6) is 0.821. The fourth-order valence-corrected chi connectivity index (χ4v) is 1.97. The van der Waals surface area contributed by atoms with E-state index in [1.165, 1.54) is 11.6 Å². The number of hydrogen-bond acceptors (Lipinski definition) is 2. The van der Waals surface area contributed by atoms with Crippen LogP contribution in [0.2, 0.25) is 0 Å². The number of aryl methyl sites for hydroxylation is 1. The van der Waals surface area contributed by atoms with Gasteiger partial charge in [0.25, 0.3) is 0 Å². The fraction of sp³-hybridized carbons (Fsp3) is 0.250. The van der Waals surface area contributed by atoms with E-state index in [0.29, 0.717) is 17.1 Å². The Morgan fingerprint density at radius 3 is 2.42 bits per heavy atom. The average molecular weight is 259 g/mol. The maximum atomic E-state index is 13.8. The lowest BCUT2D eigenvalue weighted by Crippen LogP contribution is -2.09. The molecule has 0 aromatic heterocycles. The van der Waals surface area contributed by atoms with Gasteiger partial charge in [0.1, 0.15) is 17.3 Å². The molecule has 0 saturated heterocycles. The minimum Gasteiger partial charge on any atom is -0.457 e. The molecule has 2 nitrogen and oxygen atoms in total. The molecule has 0 aliphatic carbocycles. The highest BCUT2D eigenvalue weighted by molar-refractivity contribution is 5.40. The minimum atomic E-state index is -0.411. The van der Waals surface area contributed by atoms with E-state index in [1.54, 1.807) is 19.1 Å². The molecule has 100 valence electrons. The van der Waals surface area contributed by atoms with Crippen molar-refractivity contribution < 1.29 is 9.13 Å². The van der Waals surface area contributed by atoms with Gasteiger partial charge in [0.2, 0.25) is 0 Å². The molecule has 1 unspecified atom stereocenters. The highest BCUT2D eigenvalue weighted by Gasteiger charge is 2.14. The fourth-order valence-electron chi connectivity index (χ4n) is 1.97. The molecule has 2 aromatic carbocycles.